The summed E-state index contributed by atoms with van der Waals surface area (Å²) < 4.78 is 0. The Bertz CT molecular complexity index is 698. The first-order valence-corrected chi connectivity index (χ1v) is 9.92. The van der Waals surface area contributed by atoms with Gasteiger partial charge in [-0.1, -0.05) is 58.2 Å². The maximum Gasteiger partial charge on any atom is 0.243 e. The second kappa shape index (κ2) is 10.7. The molecule has 0 saturated carbocycles. The normalized spacial score (nSPS) is 11.6. The molecule has 2 aromatic rings. The van der Waals surface area contributed by atoms with Crippen molar-refractivity contribution in [2.75, 3.05) is 5.43 Å². The number of hydrogen-bond acceptors (Lipinski definition) is 4. The molecule has 140 valence electrons. The SMILES string of the molecule is CCCCc1cccc(C(C)=NNc2nc(CCC)cc(CCC)n2)c1. The van der Waals surface area contributed by atoms with Gasteiger partial charge in [-0.2, -0.15) is 5.10 Å². The number of nitrogens with one attached hydrogen (secondary N) is 1. The molecule has 4 nitrogen and oxygen atoms in total. The molecule has 0 saturated heterocycles. The minimum Gasteiger partial charge on any atom is -0.245 e. The van der Waals surface area contributed by atoms with Gasteiger partial charge in [0.25, 0.3) is 0 Å². The molecule has 1 N–H and O–H groups in total. The second-order valence-electron chi connectivity index (χ2n) is 6.79. The fraction of sp³-hybridized carbons (Fsp3) is 0.500. The first-order valence-electron chi connectivity index (χ1n) is 9.92. The van der Waals surface area contributed by atoms with Crippen molar-refractivity contribution in [3.63, 3.8) is 0 Å². The van der Waals surface area contributed by atoms with Gasteiger partial charge in [0, 0.05) is 11.4 Å². The smallest absolute Gasteiger partial charge is 0.243 e. The van der Waals surface area contributed by atoms with Gasteiger partial charge < -0.3 is 0 Å². The van der Waals surface area contributed by atoms with Crippen molar-refractivity contribution in [3.05, 3.63) is 52.8 Å². The lowest BCUT2D eigenvalue weighted by atomic mass is 10.0. The van der Waals surface area contributed by atoms with E-state index < -0.39 is 0 Å². The van der Waals surface area contributed by atoms with Crippen LogP contribution < -0.4 is 5.43 Å². The lowest BCUT2D eigenvalue weighted by Gasteiger charge is -2.08. The first-order chi connectivity index (χ1) is 12.7. The average molecular weight is 353 g/mol. The summed E-state index contributed by atoms with van der Waals surface area (Å²) in [7, 11) is 0. The molecule has 0 aliphatic rings. The zero-order chi connectivity index (χ0) is 18.8. The van der Waals surface area contributed by atoms with Gasteiger partial charge in [0.05, 0.1) is 5.71 Å². The van der Waals surface area contributed by atoms with Crippen LogP contribution in [0.5, 0.6) is 0 Å². The molecule has 0 amide bonds. The van der Waals surface area contributed by atoms with Gasteiger partial charge in [-0.25, -0.2) is 15.4 Å². The van der Waals surface area contributed by atoms with E-state index in [2.05, 4.69) is 71.6 Å². The van der Waals surface area contributed by atoms with Crippen molar-refractivity contribution >= 4 is 11.7 Å². The Morgan fingerprint density at radius 3 is 2.23 bits per heavy atom. The number of aromatic nitrogens is 2. The largest absolute Gasteiger partial charge is 0.245 e. The molecule has 0 fully saturated rings. The van der Waals surface area contributed by atoms with E-state index in [4.69, 9.17) is 0 Å². The molecule has 0 bridgehead atoms. The van der Waals surface area contributed by atoms with Crippen LogP contribution in [0.4, 0.5) is 5.95 Å². The molecule has 0 unspecified atom stereocenters. The van der Waals surface area contributed by atoms with Crippen LogP contribution in [-0.4, -0.2) is 15.7 Å². The van der Waals surface area contributed by atoms with Crippen LogP contribution in [-0.2, 0) is 19.3 Å². The highest BCUT2D eigenvalue weighted by atomic mass is 15.4. The van der Waals surface area contributed by atoms with E-state index in [1.165, 1.54) is 18.4 Å². The average Bonchev–Trinajstić information content (AvgIpc) is 2.65. The monoisotopic (exact) mass is 352 g/mol. The Labute approximate surface area is 158 Å². The molecule has 0 spiro atoms. The van der Waals surface area contributed by atoms with E-state index in [-0.39, 0.29) is 0 Å². The summed E-state index contributed by atoms with van der Waals surface area (Å²) in [5.74, 6) is 0.598. The van der Waals surface area contributed by atoms with Crippen molar-refractivity contribution < 1.29 is 0 Å². The predicted octanol–water partition coefficient (Wildman–Crippen LogP) is 5.56. The molecule has 2 rings (SSSR count). The summed E-state index contributed by atoms with van der Waals surface area (Å²) in [5.41, 5.74) is 8.70. The van der Waals surface area contributed by atoms with Crippen LogP contribution in [0.2, 0.25) is 0 Å². The number of rotatable bonds is 10. The summed E-state index contributed by atoms with van der Waals surface area (Å²) >= 11 is 0. The highest BCUT2D eigenvalue weighted by Gasteiger charge is 2.05. The van der Waals surface area contributed by atoms with Crippen molar-refractivity contribution in [2.24, 2.45) is 5.10 Å². The lowest BCUT2D eigenvalue weighted by Crippen LogP contribution is -2.06. The van der Waals surface area contributed by atoms with Crippen LogP contribution in [0.3, 0.4) is 0 Å². The van der Waals surface area contributed by atoms with Crippen molar-refractivity contribution in [1.29, 1.82) is 0 Å². The number of anilines is 1. The highest BCUT2D eigenvalue weighted by molar-refractivity contribution is 5.99. The van der Waals surface area contributed by atoms with Crippen molar-refractivity contribution in [3.8, 4) is 0 Å². The zero-order valence-electron chi connectivity index (χ0n) is 16.7. The van der Waals surface area contributed by atoms with Crippen LogP contribution in [0.15, 0.2) is 35.4 Å². The summed E-state index contributed by atoms with van der Waals surface area (Å²) in [5, 5.41) is 4.53. The lowest BCUT2D eigenvalue weighted by molar-refractivity contribution is 0.795. The van der Waals surface area contributed by atoms with Gasteiger partial charge >= 0.3 is 0 Å². The van der Waals surface area contributed by atoms with Gasteiger partial charge in [-0.15, -0.1) is 0 Å². The van der Waals surface area contributed by atoms with Crippen LogP contribution >= 0.6 is 0 Å². The topological polar surface area (TPSA) is 50.2 Å². The van der Waals surface area contributed by atoms with E-state index in [0.717, 1.165) is 54.8 Å². The molecule has 1 aromatic carbocycles. The Hall–Kier alpha value is -2.23. The fourth-order valence-corrected chi connectivity index (χ4v) is 2.90. The molecule has 26 heavy (non-hydrogen) atoms. The van der Waals surface area contributed by atoms with Crippen molar-refractivity contribution in [2.45, 2.75) is 72.6 Å². The number of hydrogen-bond donors (Lipinski definition) is 1. The minimum atomic E-state index is 0.598. The van der Waals surface area contributed by atoms with Gasteiger partial charge in [0.15, 0.2) is 0 Å². The predicted molar refractivity (Wildman–Crippen MR) is 111 cm³/mol. The van der Waals surface area contributed by atoms with E-state index in [9.17, 15) is 0 Å². The zero-order valence-corrected chi connectivity index (χ0v) is 16.7. The van der Waals surface area contributed by atoms with E-state index in [0.29, 0.717) is 5.95 Å². The summed E-state index contributed by atoms with van der Waals surface area (Å²) in [6.45, 7) is 8.58. The quantitative estimate of drug-likeness (QED) is 0.450. The summed E-state index contributed by atoms with van der Waals surface area (Å²) in [6.07, 6.45) is 7.64. The third-order valence-corrected chi connectivity index (χ3v) is 4.33. The van der Waals surface area contributed by atoms with E-state index in [1.807, 2.05) is 6.92 Å². The summed E-state index contributed by atoms with van der Waals surface area (Å²) in [6, 6.07) is 10.7. The third kappa shape index (κ3) is 6.25. The fourth-order valence-electron chi connectivity index (χ4n) is 2.90. The molecule has 0 radical (unpaired) electrons. The molecular formula is C22H32N4. The molecule has 0 atom stereocenters. The molecule has 1 heterocycles. The highest BCUT2D eigenvalue weighted by Crippen LogP contribution is 2.12. The maximum absolute atomic E-state index is 4.60. The Kier molecular flexibility index (Phi) is 8.26. The first kappa shape index (κ1) is 20.1. The number of nitrogens with zero attached hydrogens (tertiary/aromatic N) is 3. The molecule has 4 heteroatoms. The molecule has 0 aliphatic heterocycles. The second-order valence-corrected chi connectivity index (χ2v) is 6.79. The molecular weight excluding hydrogens is 320 g/mol. The Balaban J connectivity index is 2.14. The number of unbranched alkanes of at least 4 members (excludes halogenated alkanes) is 1. The number of hydrazone groups is 1. The molecule has 1 aromatic heterocycles. The Morgan fingerprint density at radius 2 is 1.62 bits per heavy atom. The number of benzene rings is 1. The van der Waals surface area contributed by atoms with E-state index in [1.54, 1.807) is 0 Å². The van der Waals surface area contributed by atoms with Crippen molar-refractivity contribution in [1.82, 2.24) is 9.97 Å². The number of aryl methyl sites for hydroxylation is 3. The molecule has 0 aliphatic carbocycles. The third-order valence-electron chi connectivity index (χ3n) is 4.33. The van der Waals surface area contributed by atoms with Gasteiger partial charge in [-0.05, 0) is 55.9 Å². The van der Waals surface area contributed by atoms with Gasteiger partial charge in [0.2, 0.25) is 5.95 Å². The van der Waals surface area contributed by atoms with Crippen LogP contribution in [0, 0.1) is 0 Å². The van der Waals surface area contributed by atoms with Gasteiger partial charge in [0.1, 0.15) is 0 Å². The van der Waals surface area contributed by atoms with Crippen LogP contribution in [0.25, 0.3) is 0 Å². The minimum absolute atomic E-state index is 0.598. The van der Waals surface area contributed by atoms with E-state index >= 15 is 0 Å². The maximum atomic E-state index is 4.60. The van der Waals surface area contributed by atoms with Gasteiger partial charge in [-0.3, -0.25) is 0 Å². The standard InChI is InChI=1S/C22H32N4/c1-5-8-12-18-13-9-14-19(15-18)17(4)25-26-22-23-20(10-6-2)16-21(24-22)11-7-3/h9,13-16H,5-8,10-12H2,1-4H3,(H,23,24,26). The van der Waals surface area contributed by atoms with Crippen LogP contribution in [0.1, 0.15) is 75.9 Å². The summed E-state index contributed by atoms with van der Waals surface area (Å²) in [4.78, 5) is 9.20. The Morgan fingerprint density at radius 1 is 0.923 bits per heavy atom.